The van der Waals surface area contributed by atoms with Gasteiger partial charge in [-0.15, -0.1) is 0 Å². The molecule has 0 atom stereocenters. The van der Waals surface area contributed by atoms with Gasteiger partial charge in [-0.2, -0.15) is 0 Å². The first-order valence-electron chi connectivity index (χ1n) is 18.3. The molecule has 0 amide bonds. The second-order valence-electron chi connectivity index (χ2n) is 15.4. The van der Waals surface area contributed by atoms with Crippen LogP contribution >= 0.6 is 0 Å². The Bertz CT molecular complexity index is 2730. The molecule has 0 saturated heterocycles. The van der Waals surface area contributed by atoms with E-state index in [2.05, 4.69) is 179 Å². The highest BCUT2D eigenvalue weighted by Crippen LogP contribution is 2.55. The van der Waals surface area contributed by atoms with Gasteiger partial charge in [0, 0.05) is 27.5 Å². The molecule has 1 heterocycles. The second-order valence-corrected chi connectivity index (χ2v) is 15.4. The number of nitrogens with zero attached hydrogens (tertiary/aromatic N) is 2. The van der Waals surface area contributed by atoms with E-state index in [0.717, 1.165) is 33.9 Å². The minimum absolute atomic E-state index is 0.142. The Hall–Kier alpha value is -6.12. The fourth-order valence-corrected chi connectivity index (χ4v) is 9.14. The Balaban J connectivity index is 1.22. The Morgan fingerprint density at radius 3 is 1.67 bits per heavy atom. The molecule has 2 heteroatoms. The van der Waals surface area contributed by atoms with Gasteiger partial charge in [-0.3, -0.25) is 0 Å². The Kier molecular flexibility index (Phi) is 6.60. The Morgan fingerprint density at radius 1 is 0.365 bits per heavy atom. The number of rotatable bonds is 4. The first-order valence-corrected chi connectivity index (χ1v) is 18.3. The van der Waals surface area contributed by atoms with Crippen LogP contribution in [0.25, 0.3) is 78.1 Å². The van der Waals surface area contributed by atoms with Crippen molar-refractivity contribution in [2.24, 2.45) is 0 Å². The summed E-state index contributed by atoms with van der Waals surface area (Å²) in [6, 6.07) is 57.3. The lowest BCUT2D eigenvalue weighted by molar-refractivity contribution is 0.661. The molecule has 52 heavy (non-hydrogen) atoms. The fourth-order valence-electron chi connectivity index (χ4n) is 9.14. The number of benzene rings is 7. The Labute approximate surface area is 305 Å². The standard InChI is InChI=1S/C50H38N2/c1-49(2)42-27-15-25-39(46(42)40-28-32-18-8-9-19-33(32)29-43(40)49)45-30-44(51-48(52-45)31-16-6-5-7-17-31)36-22-11-10-20-34(36)37-23-14-24-38-35-21-12-13-26-41(35)50(3,4)47(37)38/h5-30H,1-4H3. The predicted octanol–water partition coefficient (Wildman–Crippen LogP) is 12.9. The van der Waals surface area contributed by atoms with E-state index in [-0.39, 0.29) is 10.8 Å². The predicted molar refractivity (Wildman–Crippen MR) is 216 cm³/mol. The van der Waals surface area contributed by atoms with Crippen molar-refractivity contribution in [2.45, 2.75) is 38.5 Å². The summed E-state index contributed by atoms with van der Waals surface area (Å²) in [6.07, 6.45) is 0. The molecule has 0 bridgehead atoms. The van der Waals surface area contributed by atoms with E-state index in [1.54, 1.807) is 0 Å². The van der Waals surface area contributed by atoms with Gasteiger partial charge in [-0.05, 0) is 84.6 Å². The molecule has 8 aromatic rings. The molecule has 2 aliphatic carbocycles. The zero-order valence-electron chi connectivity index (χ0n) is 29.9. The van der Waals surface area contributed by atoms with E-state index in [0.29, 0.717) is 0 Å². The van der Waals surface area contributed by atoms with Crippen LogP contribution in [0.1, 0.15) is 49.9 Å². The molecule has 2 aliphatic rings. The lowest BCUT2D eigenvalue weighted by atomic mass is 9.78. The summed E-state index contributed by atoms with van der Waals surface area (Å²) < 4.78 is 0. The summed E-state index contributed by atoms with van der Waals surface area (Å²) in [5.41, 5.74) is 17.9. The summed E-state index contributed by atoms with van der Waals surface area (Å²) in [7, 11) is 0. The van der Waals surface area contributed by atoms with Gasteiger partial charge in [-0.25, -0.2) is 9.97 Å². The molecule has 0 fully saturated rings. The van der Waals surface area contributed by atoms with Crippen LogP contribution in [0.15, 0.2) is 158 Å². The molecule has 1 aromatic heterocycles. The maximum Gasteiger partial charge on any atom is 0.160 e. The maximum atomic E-state index is 5.36. The summed E-state index contributed by atoms with van der Waals surface area (Å²) in [6.45, 7) is 9.42. The largest absolute Gasteiger partial charge is 0.228 e. The molecule has 0 spiro atoms. The van der Waals surface area contributed by atoms with Gasteiger partial charge in [0.2, 0.25) is 0 Å². The third-order valence-electron chi connectivity index (χ3n) is 11.7. The molecule has 248 valence electrons. The van der Waals surface area contributed by atoms with Gasteiger partial charge >= 0.3 is 0 Å². The van der Waals surface area contributed by atoms with Crippen LogP contribution in [0.5, 0.6) is 0 Å². The van der Waals surface area contributed by atoms with Gasteiger partial charge < -0.3 is 0 Å². The van der Waals surface area contributed by atoms with Gasteiger partial charge in [0.15, 0.2) is 5.82 Å². The summed E-state index contributed by atoms with van der Waals surface area (Å²) in [5, 5.41) is 2.53. The highest BCUT2D eigenvalue weighted by Gasteiger charge is 2.39. The smallest absolute Gasteiger partial charge is 0.160 e. The molecule has 0 saturated carbocycles. The van der Waals surface area contributed by atoms with E-state index in [4.69, 9.17) is 9.97 Å². The third-order valence-corrected chi connectivity index (χ3v) is 11.7. The maximum absolute atomic E-state index is 5.36. The molecule has 0 aliphatic heterocycles. The van der Waals surface area contributed by atoms with E-state index < -0.39 is 0 Å². The molecular formula is C50H38N2. The van der Waals surface area contributed by atoms with Crippen molar-refractivity contribution >= 4 is 10.8 Å². The zero-order valence-corrected chi connectivity index (χ0v) is 29.9. The normalized spacial score (nSPS) is 14.5. The summed E-state index contributed by atoms with van der Waals surface area (Å²) in [4.78, 5) is 10.7. The molecule has 7 aromatic carbocycles. The summed E-state index contributed by atoms with van der Waals surface area (Å²) in [5.74, 6) is 0.725. The zero-order chi connectivity index (χ0) is 35.2. The highest BCUT2D eigenvalue weighted by molar-refractivity contribution is 5.99. The van der Waals surface area contributed by atoms with E-state index >= 15 is 0 Å². The average molecular weight is 667 g/mol. The lowest BCUT2D eigenvalue weighted by Gasteiger charge is -2.25. The van der Waals surface area contributed by atoms with Crippen LogP contribution in [-0.4, -0.2) is 9.97 Å². The highest BCUT2D eigenvalue weighted by atomic mass is 14.9. The van der Waals surface area contributed by atoms with E-state index in [1.807, 2.05) is 6.07 Å². The van der Waals surface area contributed by atoms with Crippen LogP contribution in [0.3, 0.4) is 0 Å². The van der Waals surface area contributed by atoms with Crippen molar-refractivity contribution in [3.8, 4) is 67.3 Å². The molecule has 10 rings (SSSR count). The molecule has 0 unspecified atom stereocenters. The minimum Gasteiger partial charge on any atom is -0.228 e. The van der Waals surface area contributed by atoms with Gasteiger partial charge in [0.25, 0.3) is 0 Å². The van der Waals surface area contributed by atoms with E-state index in [9.17, 15) is 0 Å². The first-order chi connectivity index (χ1) is 25.3. The number of aromatic nitrogens is 2. The molecule has 2 nitrogen and oxygen atoms in total. The van der Waals surface area contributed by atoms with Crippen LogP contribution in [0.2, 0.25) is 0 Å². The third kappa shape index (κ3) is 4.43. The fraction of sp³-hybridized carbons (Fsp3) is 0.120. The average Bonchev–Trinajstić information content (AvgIpc) is 3.56. The first kappa shape index (κ1) is 30.7. The molecular weight excluding hydrogens is 629 g/mol. The van der Waals surface area contributed by atoms with Crippen LogP contribution in [0, 0.1) is 0 Å². The van der Waals surface area contributed by atoms with Gasteiger partial charge in [-0.1, -0.05) is 167 Å². The van der Waals surface area contributed by atoms with Crippen molar-refractivity contribution < 1.29 is 0 Å². The van der Waals surface area contributed by atoms with Crippen molar-refractivity contribution in [2.75, 3.05) is 0 Å². The summed E-state index contributed by atoms with van der Waals surface area (Å²) >= 11 is 0. The lowest BCUT2D eigenvalue weighted by Crippen LogP contribution is -2.16. The minimum atomic E-state index is -0.145. The Morgan fingerprint density at radius 2 is 0.904 bits per heavy atom. The topological polar surface area (TPSA) is 25.8 Å². The molecule has 0 radical (unpaired) electrons. The van der Waals surface area contributed by atoms with Gasteiger partial charge in [0.1, 0.15) is 0 Å². The van der Waals surface area contributed by atoms with Crippen molar-refractivity contribution in [3.05, 3.63) is 180 Å². The monoisotopic (exact) mass is 666 g/mol. The van der Waals surface area contributed by atoms with Gasteiger partial charge in [0.05, 0.1) is 11.4 Å². The van der Waals surface area contributed by atoms with Crippen molar-refractivity contribution in [1.82, 2.24) is 9.97 Å². The van der Waals surface area contributed by atoms with Crippen molar-refractivity contribution in [3.63, 3.8) is 0 Å². The van der Waals surface area contributed by atoms with Crippen LogP contribution in [-0.2, 0) is 10.8 Å². The number of fused-ring (bicyclic) bond motifs is 7. The quantitative estimate of drug-likeness (QED) is 0.187. The molecule has 0 N–H and O–H groups in total. The second kappa shape index (κ2) is 11.2. The SMILES string of the molecule is CC1(C)c2cc3ccccc3cc2-c2c(-c3cc(-c4ccccc4-c4cccc5c4C(C)(C)c4ccccc4-5)nc(-c4ccccc4)n3)cccc21. The van der Waals surface area contributed by atoms with E-state index in [1.165, 1.54) is 66.4 Å². The van der Waals surface area contributed by atoms with Crippen molar-refractivity contribution in [1.29, 1.82) is 0 Å². The van der Waals surface area contributed by atoms with Crippen LogP contribution < -0.4 is 0 Å². The van der Waals surface area contributed by atoms with Crippen LogP contribution in [0.4, 0.5) is 0 Å². The number of hydrogen-bond acceptors (Lipinski definition) is 2. The number of hydrogen-bond donors (Lipinski definition) is 0.